The van der Waals surface area contributed by atoms with Gasteiger partial charge in [0.05, 0.1) is 16.8 Å². The Kier molecular flexibility index (Phi) is 5.44. The van der Waals surface area contributed by atoms with E-state index in [1.54, 1.807) is 48.8 Å². The van der Waals surface area contributed by atoms with Crippen molar-refractivity contribution in [1.82, 2.24) is 9.97 Å². The number of hydrogen-bond acceptors (Lipinski definition) is 5. The van der Waals surface area contributed by atoms with Crippen LogP contribution in [0.2, 0.25) is 0 Å². The minimum Gasteiger partial charge on any atom is -0.454 e. The van der Waals surface area contributed by atoms with Crippen LogP contribution in [-0.4, -0.2) is 28.3 Å². The first-order valence-corrected chi connectivity index (χ1v) is 9.67. The van der Waals surface area contributed by atoms with Crippen molar-refractivity contribution in [2.75, 3.05) is 6.61 Å². The molecule has 142 valence electrons. The number of pyridine rings is 2. The zero-order valence-electron chi connectivity index (χ0n) is 15.2. The molecule has 0 saturated heterocycles. The Morgan fingerprint density at radius 2 is 1.76 bits per heavy atom. The zero-order chi connectivity index (χ0) is 20.2. The molecule has 29 heavy (non-hydrogen) atoms. The van der Waals surface area contributed by atoms with Crippen molar-refractivity contribution in [2.45, 2.75) is 0 Å². The Morgan fingerprint density at radius 3 is 2.52 bits per heavy atom. The fraction of sp³-hybridized carbons (Fsp3) is 0.0435. The van der Waals surface area contributed by atoms with Crippen molar-refractivity contribution in [2.24, 2.45) is 0 Å². The lowest BCUT2D eigenvalue weighted by atomic mass is 10.1. The molecule has 5 nitrogen and oxygen atoms in total. The molecule has 4 rings (SSSR count). The minimum absolute atomic E-state index is 0.267. The molecule has 0 atom stereocenters. The Bertz CT molecular complexity index is 1190. The first kappa shape index (κ1) is 19.0. The summed E-state index contributed by atoms with van der Waals surface area (Å²) < 4.78 is 6.20. The Hall–Kier alpha value is -3.38. The van der Waals surface area contributed by atoms with Crippen LogP contribution in [0.4, 0.5) is 0 Å². The van der Waals surface area contributed by atoms with Crippen LogP contribution in [-0.2, 0) is 4.74 Å². The van der Waals surface area contributed by atoms with Crippen molar-refractivity contribution >= 4 is 38.6 Å². The molecule has 0 radical (unpaired) electrons. The number of ether oxygens (including phenoxy) is 1. The summed E-state index contributed by atoms with van der Waals surface area (Å²) in [4.78, 5) is 33.9. The van der Waals surface area contributed by atoms with Crippen LogP contribution in [0.5, 0.6) is 0 Å². The van der Waals surface area contributed by atoms with E-state index in [9.17, 15) is 9.59 Å². The van der Waals surface area contributed by atoms with Gasteiger partial charge >= 0.3 is 5.97 Å². The highest BCUT2D eigenvalue weighted by molar-refractivity contribution is 9.10. The summed E-state index contributed by atoms with van der Waals surface area (Å²) in [6.07, 6.45) is 3.36. The number of ketones is 1. The highest BCUT2D eigenvalue weighted by atomic mass is 79.9. The van der Waals surface area contributed by atoms with Crippen molar-refractivity contribution in [3.8, 4) is 11.3 Å². The van der Waals surface area contributed by atoms with Gasteiger partial charge in [-0.15, -0.1) is 0 Å². The number of benzene rings is 2. The maximum Gasteiger partial charge on any atom is 0.339 e. The number of rotatable bonds is 5. The molecule has 0 bridgehead atoms. The summed E-state index contributed by atoms with van der Waals surface area (Å²) in [6.45, 7) is -0.334. The van der Waals surface area contributed by atoms with Gasteiger partial charge in [-0.1, -0.05) is 46.3 Å². The highest BCUT2D eigenvalue weighted by Gasteiger charge is 2.17. The lowest BCUT2D eigenvalue weighted by Gasteiger charge is -2.10. The quantitative estimate of drug-likeness (QED) is 0.315. The molecule has 0 aliphatic rings. The average Bonchev–Trinajstić information content (AvgIpc) is 2.77. The molecule has 0 saturated carbocycles. The molecule has 0 aliphatic heterocycles. The van der Waals surface area contributed by atoms with Crippen LogP contribution in [0.25, 0.3) is 22.2 Å². The highest BCUT2D eigenvalue weighted by Crippen LogP contribution is 2.25. The van der Waals surface area contributed by atoms with Gasteiger partial charge in [0.1, 0.15) is 0 Å². The third kappa shape index (κ3) is 4.22. The number of nitrogens with zero attached hydrogens (tertiary/aromatic N) is 2. The van der Waals surface area contributed by atoms with E-state index in [-0.39, 0.29) is 12.4 Å². The molecule has 0 spiro atoms. The lowest BCUT2D eigenvalue weighted by molar-refractivity contribution is 0.0476. The number of para-hydroxylation sites is 1. The van der Waals surface area contributed by atoms with Gasteiger partial charge in [-0.2, -0.15) is 0 Å². The maximum absolute atomic E-state index is 12.8. The van der Waals surface area contributed by atoms with Crippen molar-refractivity contribution in [3.63, 3.8) is 0 Å². The van der Waals surface area contributed by atoms with Crippen LogP contribution >= 0.6 is 15.9 Å². The Balaban J connectivity index is 1.62. The SMILES string of the molecule is O=C(COC(=O)c1cc(-c2cccnc2)nc2ccccc12)c1ccc(Br)cc1. The predicted molar refractivity (Wildman–Crippen MR) is 114 cm³/mol. The number of esters is 1. The van der Waals surface area contributed by atoms with E-state index in [0.717, 1.165) is 10.0 Å². The van der Waals surface area contributed by atoms with E-state index >= 15 is 0 Å². The smallest absolute Gasteiger partial charge is 0.339 e. The van der Waals surface area contributed by atoms with E-state index < -0.39 is 5.97 Å². The van der Waals surface area contributed by atoms with Crippen LogP contribution in [0.3, 0.4) is 0 Å². The minimum atomic E-state index is -0.570. The molecule has 2 heterocycles. The second kappa shape index (κ2) is 8.32. The molecule has 4 aromatic rings. The van der Waals surface area contributed by atoms with E-state index in [1.165, 1.54) is 0 Å². The van der Waals surface area contributed by atoms with Gasteiger partial charge in [0, 0.05) is 33.4 Å². The third-order valence-electron chi connectivity index (χ3n) is 4.39. The fourth-order valence-electron chi connectivity index (χ4n) is 2.93. The van der Waals surface area contributed by atoms with Gasteiger partial charge in [0.25, 0.3) is 0 Å². The number of aromatic nitrogens is 2. The van der Waals surface area contributed by atoms with Crippen molar-refractivity contribution < 1.29 is 14.3 Å². The zero-order valence-corrected chi connectivity index (χ0v) is 16.8. The molecule has 0 fully saturated rings. The van der Waals surface area contributed by atoms with Gasteiger partial charge in [0.2, 0.25) is 0 Å². The number of halogens is 1. The molecular weight excluding hydrogens is 432 g/mol. The number of carbonyl (C=O) groups excluding carboxylic acids is 2. The summed E-state index contributed by atoms with van der Waals surface area (Å²) in [7, 11) is 0. The normalized spacial score (nSPS) is 10.7. The Morgan fingerprint density at radius 1 is 0.966 bits per heavy atom. The molecule has 2 aromatic carbocycles. The number of Topliss-reactive ketones (excluding diaryl/α,β-unsaturated/α-hetero) is 1. The molecule has 6 heteroatoms. The van der Waals surface area contributed by atoms with Crippen molar-refractivity contribution in [1.29, 1.82) is 0 Å². The second-order valence-electron chi connectivity index (χ2n) is 6.32. The van der Waals surface area contributed by atoms with Crippen LogP contribution in [0.1, 0.15) is 20.7 Å². The van der Waals surface area contributed by atoms with Gasteiger partial charge < -0.3 is 4.74 Å². The standard InChI is InChI=1S/C23H15BrN2O3/c24-17-9-7-15(8-10-17)22(27)14-29-23(28)19-12-21(16-4-3-11-25-13-16)26-20-6-2-1-5-18(19)20/h1-13H,14H2. The number of hydrogen-bond donors (Lipinski definition) is 0. The lowest BCUT2D eigenvalue weighted by Crippen LogP contribution is -2.15. The van der Waals surface area contributed by atoms with Gasteiger partial charge in [-0.25, -0.2) is 9.78 Å². The topological polar surface area (TPSA) is 69.2 Å². The fourth-order valence-corrected chi connectivity index (χ4v) is 3.20. The summed E-state index contributed by atoms with van der Waals surface area (Å²) in [5.41, 5.74) is 2.91. The molecular formula is C23H15BrN2O3. The average molecular weight is 447 g/mol. The van der Waals surface area contributed by atoms with E-state index in [0.29, 0.717) is 27.7 Å². The molecule has 0 N–H and O–H groups in total. The summed E-state index contributed by atoms with van der Waals surface area (Å²) in [5, 5.41) is 0.668. The van der Waals surface area contributed by atoms with Crippen LogP contribution in [0, 0.1) is 0 Å². The summed E-state index contributed by atoms with van der Waals surface area (Å²) in [6, 6.07) is 19.6. The Labute approximate surface area is 175 Å². The first-order valence-electron chi connectivity index (χ1n) is 8.88. The van der Waals surface area contributed by atoms with E-state index in [1.807, 2.05) is 30.3 Å². The largest absolute Gasteiger partial charge is 0.454 e. The number of fused-ring (bicyclic) bond motifs is 1. The third-order valence-corrected chi connectivity index (χ3v) is 4.92. The first-order chi connectivity index (χ1) is 14.1. The molecule has 0 aliphatic carbocycles. The second-order valence-corrected chi connectivity index (χ2v) is 7.24. The van der Waals surface area contributed by atoms with Gasteiger partial charge in [-0.05, 0) is 36.4 Å². The summed E-state index contributed by atoms with van der Waals surface area (Å²) in [5.74, 6) is -0.837. The summed E-state index contributed by atoms with van der Waals surface area (Å²) >= 11 is 3.33. The van der Waals surface area contributed by atoms with Crippen LogP contribution in [0.15, 0.2) is 83.6 Å². The molecule has 0 unspecified atom stereocenters. The molecule has 2 aromatic heterocycles. The van der Waals surface area contributed by atoms with Crippen LogP contribution < -0.4 is 0 Å². The molecule has 0 amide bonds. The predicted octanol–water partition coefficient (Wildman–Crippen LogP) is 5.10. The van der Waals surface area contributed by atoms with Gasteiger partial charge in [0.15, 0.2) is 12.4 Å². The maximum atomic E-state index is 12.8. The monoisotopic (exact) mass is 446 g/mol. The number of carbonyl (C=O) groups is 2. The van der Waals surface area contributed by atoms with E-state index in [2.05, 4.69) is 25.9 Å². The van der Waals surface area contributed by atoms with Crippen molar-refractivity contribution in [3.05, 3.63) is 94.7 Å². The van der Waals surface area contributed by atoms with E-state index in [4.69, 9.17) is 4.74 Å². The van der Waals surface area contributed by atoms with Gasteiger partial charge in [-0.3, -0.25) is 9.78 Å².